The van der Waals surface area contributed by atoms with Crippen molar-refractivity contribution in [1.29, 1.82) is 0 Å². The van der Waals surface area contributed by atoms with Crippen LogP contribution < -0.4 is 5.32 Å². The summed E-state index contributed by atoms with van der Waals surface area (Å²) in [7, 11) is 0. The molecular weight excluding hydrogens is 323 g/mol. The molecule has 0 saturated carbocycles. The van der Waals surface area contributed by atoms with Gasteiger partial charge in [-0.15, -0.1) is 11.3 Å². The van der Waals surface area contributed by atoms with E-state index in [2.05, 4.69) is 24.4 Å². The van der Waals surface area contributed by atoms with Crippen molar-refractivity contribution in [3.8, 4) is 0 Å². The largest absolute Gasteiger partial charge is 0.334 e. The van der Waals surface area contributed by atoms with E-state index >= 15 is 0 Å². The van der Waals surface area contributed by atoms with E-state index in [1.807, 2.05) is 11.0 Å². The standard InChI is InChI=1S/C19H23FN2OS/c1-13-8-9-18(24-13)19-17(7-4-10-22(19)14(2)23)21-12-15-5-3-6-16(20)11-15/h3,5-6,8-9,11,17,19,21H,4,7,10,12H2,1-2H3/t17-,19-/m1/s1. The number of rotatable bonds is 4. The second kappa shape index (κ2) is 7.45. The van der Waals surface area contributed by atoms with Crippen LogP contribution in [0.25, 0.3) is 0 Å². The van der Waals surface area contributed by atoms with Gasteiger partial charge in [0.2, 0.25) is 5.91 Å². The first kappa shape index (κ1) is 17.1. The number of nitrogens with zero attached hydrogens (tertiary/aromatic N) is 1. The topological polar surface area (TPSA) is 32.3 Å². The zero-order valence-corrected chi connectivity index (χ0v) is 14.9. The van der Waals surface area contributed by atoms with Gasteiger partial charge in [0.15, 0.2) is 0 Å². The van der Waals surface area contributed by atoms with E-state index in [0.29, 0.717) is 6.54 Å². The maximum Gasteiger partial charge on any atom is 0.220 e. The van der Waals surface area contributed by atoms with Gasteiger partial charge in [0.1, 0.15) is 5.82 Å². The highest BCUT2D eigenvalue weighted by atomic mass is 32.1. The van der Waals surface area contributed by atoms with Crippen molar-refractivity contribution in [1.82, 2.24) is 10.2 Å². The number of benzene rings is 1. The van der Waals surface area contributed by atoms with E-state index in [9.17, 15) is 9.18 Å². The van der Waals surface area contributed by atoms with Gasteiger partial charge in [-0.2, -0.15) is 0 Å². The molecule has 3 rings (SSSR count). The molecule has 1 aliphatic rings. The Hall–Kier alpha value is -1.72. The van der Waals surface area contributed by atoms with Crippen LogP contribution in [0.4, 0.5) is 4.39 Å². The minimum absolute atomic E-state index is 0.0588. The average Bonchev–Trinajstić information content (AvgIpc) is 2.98. The van der Waals surface area contributed by atoms with E-state index in [0.717, 1.165) is 24.9 Å². The number of amides is 1. The Morgan fingerprint density at radius 2 is 2.21 bits per heavy atom. The number of carbonyl (C=O) groups excluding carboxylic acids is 1. The number of aryl methyl sites for hydroxylation is 1. The number of hydrogen-bond donors (Lipinski definition) is 1. The quantitative estimate of drug-likeness (QED) is 0.906. The molecule has 24 heavy (non-hydrogen) atoms. The average molecular weight is 346 g/mol. The number of halogens is 1. The molecule has 1 aromatic heterocycles. The maximum absolute atomic E-state index is 13.4. The van der Waals surface area contributed by atoms with Gasteiger partial charge >= 0.3 is 0 Å². The SMILES string of the molecule is CC(=O)N1CCC[C@@H](NCc2cccc(F)c2)[C@@H]1c1ccc(C)s1. The highest BCUT2D eigenvalue weighted by Crippen LogP contribution is 2.35. The first-order valence-corrected chi connectivity index (χ1v) is 9.17. The molecule has 5 heteroatoms. The lowest BCUT2D eigenvalue weighted by atomic mass is 9.94. The predicted molar refractivity (Wildman–Crippen MR) is 95.4 cm³/mol. The van der Waals surface area contributed by atoms with Crippen LogP contribution in [0, 0.1) is 12.7 Å². The lowest BCUT2D eigenvalue weighted by molar-refractivity contribution is -0.133. The number of hydrogen-bond acceptors (Lipinski definition) is 3. The summed E-state index contributed by atoms with van der Waals surface area (Å²) in [6.07, 6.45) is 2.00. The third-order valence-electron chi connectivity index (χ3n) is 4.55. The molecule has 0 spiro atoms. The van der Waals surface area contributed by atoms with Crippen LogP contribution in [0.5, 0.6) is 0 Å². The Morgan fingerprint density at radius 3 is 2.88 bits per heavy atom. The van der Waals surface area contributed by atoms with Gasteiger partial charge < -0.3 is 10.2 Å². The summed E-state index contributed by atoms with van der Waals surface area (Å²) in [5.41, 5.74) is 0.927. The zero-order chi connectivity index (χ0) is 17.1. The summed E-state index contributed by atoms with van der Waals surface area (Å²) in [5.74, 6) is -0.1000. The van der Waals surface area contributed by atoms with Gasteiger partial charge in [0.05, 0.1) is 6.04 Å². The Labute approximate surface area is 146 Å². The minimum atomic E-state index is -0.214. The predicted octanol–water partition coefficient (Wildman–Crippen LogP) is 4.04. The number of nitrogens with one attached hydrogen (secondary N) is 1. The molecule has 0 bridgehead atoms. The minimum Gasteiger partial charge on any atom is -0.334 e. The van der Waals surface area contributed by atoms with Crippen molar-refractivity contribution in [3.05, 3.63) is 57.5 Å². The summed E-state index contributed by atoms with van der Waals surface area (Å²) in [6.45, 7) is 5.14. The van der Waals surface area contributed by atoms with Crippen LogP contribution in [-0.2, 0) is 11.3 Å². The molecule has 3 nitrogen and oxygen atoms in total. The molecular formula is C19H23FN2OS. The Bertz CT molecular complexity index is 715. The van der Waals surface area contributed by atoms with Gasteiger partial charge in [-0.25, -0.2) is 4.39 Å². The van der Waals surface area contributed by atoms with Crippen LogP contribution in [0.15, 0.2) is 36.4 Å². The molecule has 1 aromatic carbocycles. The fourth-order valence-electron chi connectivity index (χ4n) is 3.42. The summed E-state index contributed by atoms with van der Waals surface area (Å²) >= 11 is 1.75. The molecule has 0 unspecified atom stereocenters. The van der Waals surface area contributed by atoms with Crippen LogP contribution in [-0.4, -0.2) is 23.4 Å². The van der Waals surface area contributed by atoms with Crippen molar-refractivity contribution in [2.75, 3.05) is 6.54 Å². The number of likely N-dealkylation sites (tertiary alicyclic amines) is 1. The van der Waals surface area contributed by atoms with E-state index in [1.165, 1.54) is 15.8 Å². The maximum atomic E-state index is 13.4. The molecule has 1 amide bonds. The Kier molecular flexibility index (Phi) is 5.31. The fraction of sp³-hybridized carbons (Fsp3) is 0.421. The van der Waals surface area contributed by atoms with Crippen LogP contribution in [0.2, 0.25) is 0 Å². The third kappa shape index (κ3) is 3.84. The Balaban J connectivity index is 1.79. The molecule has 0 aliphatic carbocycles. The van der Waals surface area contributed by atoms with Crippen LogP contribution in [0.3, 0.4) is 0 Å². The summed E-state index contributed by atoms with van der Waals surface area (Å²) in [4.78, 5) is 16.6. The van der Waals surface area contributed by atoms with E-state index in [4.69, 9.17) is 0 Å². The highest BCUT2D eigenvalue weighted by molar-refractivity contribution is 7.12. The van der Waals surface area contributed by atoms with Crippen molar-refractivity contribution in [2.45, 2.75) is 45.3 Å². The second-order valence-electron chi connectivity index (χ2n) is 6.37. The normalized spacial score (nSPS) is 21.0. The van der Waals surface area contributed by atoms with Gasteiger partial charge in [-0.3, -0.25) is 4.79 Å². The molecule has 1 fully saturated rings. The lowest BCUT2D eigenvalue weighted by Gasteiger charge is -2.41. The van der Waals surface area contributed by atoms with Crippen molar-refractivity contribution in [2.24, 2.45) is 0 Å². The van der Waals surface area contributed by atoms with Gasteiger partial charge in [-0.1, -0.05) is 12.1 Å². The summed E-state index contributed by atoms with van der Waals surface area (Å²) in [6, 6.07) is 11.1. The number of carbonyl (C=O) groups is 1. The number of piperidine rings is 1. The molecule has 128 valence electrons. The monoisotopic (exact) mass is 346 g/mol. The summed E-state index contributed by atoms with van der Waals surface area (Å²) in [5, 5.41) is 3.55. The fourth-order valence-corrected chi connectivity index (χ4v) is 4.48. The molecule has 1 N–H and O–H groups in total. The van der Waals surface area contributed by atoms with Gasteiger partial charge in [-0.05, 0) is 49.6 Å². The van der Waals surface area contributed by atoms with Crippen molar-refractivity contribution < 1.29 is 9.18 Å². The summed E-state index contributed by atoms with van der Waals surface area (Å²) < 4.78 is 13.4. The lowest BCUT2D eigenvalue weighted by Crippen LogP contribution is -2.49. The van der Waals surface area contributed by atoms with Crippen LogP contribution >= 0.6 is 11.3 Å². The highest BCUT2D eigenvalue weighted by Gasteiger charge is 2.34. The Morgan fingerprint density at radius 1 is 1.38 bits per heavy atom. The van der Waals surface area contributed by atoms with Crippen LogP contribution in [0.1, 0.15) is 41.1 Å². The molecule has 0 radical (unpaired) electrons. The molecule has 1 aliphatic heterocycles. The van der Waals surface area contributed by atoms with E-state index in [-0.39, 0.29) is 23.8 Å². The van der Waals surface area contributed by atoms with E-state index < -0.39 is 0 Å². The molecule has 2 heterocycles. The molecule has 1 saturated heterocycles. The zero-order valence-electron chi connectivity index (χ0n) is 14.1. The van der Waals surface area contributed by atoms with E-state index in [1.54, 1.807) is 30.4 Å². The first-order valence-electron chi connectivity index (χ1n) is 8.36. The number of thiophene rings is 1. The van der Waals surface area contributed by atoms with Crippen molar-refractivity contribution >= 4 is 17.2 Å². The van der Waals surface area contributed by atoms with Gasteiger partial charge in [0.25, 0.3) is 0 Å². The van der Waals surface area contributed by atoms with Gasteiger partial charge in [0, 0.05) is 35.8 Å². The first-order chi connectivity index (χ1) is 11.5. The third-order valence-corrected chi connectivity index (χ3v) is 5.62. The second-order valence-corrected chi connectivity index (χ2v) is 7.68. The molecule has 2 aromatic rings. The smallest absolute Gasteiger partial charge is 0.220 e. The van der Waals surface area contributed by atoms with Crippen molar-refractivity contribution in [3.63, 3.8) is 0 Å². The molecule has 2 atom stereocenters.